The lowest BCUT2D eigenvalue weighted by Crippen LogP contribution is -2.35. The Balaban J connectivity index is 2.08. The van der Waals surface area contributed by atoms with E-state index in [2.05, 4.69) is 0 Å². The Bertz CT molecular complexity index is 487. The maximum absolute atomic E-state index is 14.0. The minimum atomic E-state index is -0.497. The normalized spacial score (nSPS) is 19.2. The standard InChI is InChI=1S/C16H22FNO2/c1-11-6-5-7-13(17)14(11)12-8-9-18(10-12)15(19)20-16(2,3)4/h5-7,12H,8-10H2,1-4H3. The minimum absolute atomic E-state index is 0.0590. The first-order valence-corrected chi connectivity index (χ1v) is 7.01. The third kappa shape index (κ3) is 3.30. The molecule has 0 bridgehead atoms. The summed E-state index contributed by atoms with van der Waals surface area (Å²) in [6, 6.07) is 5.11. The molecule has 0 radical (unpaired) electrons. The van der Waals surface area contributed by atoms with Gasteiger partial charge in [-0.3, -0.25) is 0 Å². The van der Waals surface area contributed by atoms with Gasteiger partial charge in [-0.05, 0) is 51.3 Å². The molecule has 1 amide bonds. The Morgan fingerprint density at radius 2 is 2.10 bits per heavy atom. The fourth-order valence-electron chi connectivity index (χ4n) is 2.65. The zero-order chi connectivity index (χ0) is 14.9. The van der Waals surface area contributed by atoms with Gasteiger partial charge in [0.15, 0.2) is 0 Å². The number of hydrogen-bond acceptors (Lipinski definition) is 2. The summed E-state index contributed by atoms with van der Waals surface area (Å²) in [5.41, 5.74) is 1.18. The summed E-state index contributed by atoms with van der Waals surface area (Å²) >= 11 is 0. The van der Waals surface area contributed by atoms with Crippen molar-refractivity contribution in [3.05, 3.63) is 35.1 Å². The van der Waals surface area contributed by atoms with Crippen molar-refractivity contribution >= 4 is 6.09 Å². The third-order valence-corrected chi connectivity index (χ3v) is 3.52. The smallest absolute Gasteiger partial charge is 0.410 e. The zero-order valence-electron chi connectivity index (χ0n) is 12.6. The predicted octanol–water partition coefficient (Wildman–Crippen LogP) is 3.86. The summed E-state index contributed by atoms with van der Waals surface area (Å²) in [6.07, 6.45) is 0.468. The number of benzene rings is 1. The number of halogens is 1. The molecule has 0 aliphatic carbocycles. The molecule has 4 heteroatoms. The van der Waals surface area contributed by atoms with Crippen LogP contribution in [0, 0.1) is 12.7 Å². The molecule has 0 aromatic heterocycles. The second kappa shape index (κ2) is 5.43. The van der Waals surface area contributed by atoms with E-state index in [-0.39, 0.29) is 17.8 Å². The molecule has 1 aliphatic heterocycles. The molecule has 1 saturated heterocycles. The fourth-order valence-corrected chi connectivity index (χ4v) is 2.65. The summed E-state index contributed by atoms with van der Waals surface area (Å²) in [7, 11) is 0. The van der Waals surface area contributed by atoms with Crippen LogP contribution in [0.3, 0.4) is 0 Å². The van der Waals surface area contributed by atoms with Gasteiger partial charge < -0.3 is 9.64 Å². The molecule has 2 rings (SSSR count). The number of rotatable bonds is 1. The van der Waals surface area contributed by atoms with Crippen LogP contribution in [0.1, 0.15) is 44.2 Å². The quantitative estimate of drug-likeness (QED) is 0.781. The van der Waals surface area contributed by atoms with E-state index in [0.29, 0.717) is 13.1 Å². The molecular weight excluding hydrogens is 257 g/mol. The van der Waals surface area contributed by atoms with Crippen LogP contribution in [-0.2, 0) is 4.74 Å². The highest BCUT2D eigenvalue weighted by atomic mass is 19.1. The Morgan fingerprint density at radius 3 is 2.70 bits per heavy atom. The predicted molar refractivity (Wildman–Crippen MR) is 76.3 cm³/mol. The summed E-state index contributed by atoms with van der Waals surface area (Å²) < 4.78 is 19.3. The number of nitrogens with zero attached hydrogens (tertiary/aromatic N) is 1. The van der Waals surface area contributed by atoms with Crippen molar-refractivity contribution in [2.24, 2.45) is 0 Å². The zero-order valence-corrected chi connectivity index (χ0v) is 12.6. The molecule has 110 valence electrons. The van der Waals surface area contributed by atoms with Crippen molar-refractivity contribution in [1.82, 2.24) is 4.90 Å². The van der Waals surface area contributed by atoms with Crippen LogP contribution in [0.4, 0.5) is 9.18 Å². The molecule has 1 fully saturated rings. The van der Waals surface area contributed by atoms with E-state index in [4.69, 9.17) is 4.74 Å². The van der Waals surface area contributed by atoms with Crippen LogP contribution in [0.25, 0.3) is 0 Å². The van der Waals surface area contributed by atoms with E-state index >= 15 is 0 Å². The highest BCUT2D eigenvalue weighted by Crippen LogP contribution is 2.32. The van der Waals surface area contributed by atoms with Crippen molar-refractivity contribution in [1.29, 1.82) is 0 Å². The molecule has 0 saturated carbocycles. The maximum Gasteiger partial charge on any atom is 0.410 e. The Kier molecular flexibility index (Phi) is 4.02. The van der Waals surface area contributed by atoms with Gasteiger partial charge in [-0.2, -0.15) is 0 Å². The van der Waals surface area contributed by atoms with Crippen molar-refractivity contribution in [3.63, 3.8) is 0 Å². The minimum Gasteiger partial charge on any atom is -0.444 e. The Morgan fingerprint density at radius 1 is 1.40 bits per heavy atom. The lowest BCUT2D eigenvalue weighted by atomic mass is 9.94. The third-order valence-electron chi connectivity index (χ3n) is 3.52. The number of carbonyl (C=O) groups excluding carboxylic acids is 1. The molecule has 1 aromatic carbocycles. The van der Waals surface area contributed by atoms with Gasteiger partial charge >= 0.3 is 6.09 Å². The molecule has 0 N–H and O–H groups in total. The number of aryl methyl sites for hydroxylation is 1. The van der Waals surface area contributed by atoms with Crippen molar-refractivity contribution < 1.29 is 13.9 Å². The van der Waals surface area contributed by atoms with E-state index in [1.807, 2.05) is 33.8 Å². The van der Waals surface area contributed by atoms with Crippen LogP contribution < -0.4 is 0 Å². The van der Waals surface area contributed by atoms with E-state index < -0.39 is 5.60 Å². The van der Waals surface area contributed by atoms with Gasteiger partial charge in [-0.15, -0.1) is 0 Å². The molecule has 1 aromatic rings. The van der Waals surface area contributed by atoms with Crippen molar-refractivity contribution in [2.45, 2.75) is 45.6 Å². The first-order valence-electron chi connectivity index (χ1n) is 7.01. The summed E-state index contributed by atoms with van der Waals surface area (Å²) in [5.74, 6) is -0.121. The highest BCUT2D eigenvalue weighted by Gasteiger charge is 2.32. The van der Waals surface area contributed by atoms with Gasteiger partial charge in [0, 0.05) is 19.0 Å². The molecule has 1 unspecified atom stereocenters. The molecular formula is C16H22FNO2. The summed E-state index contributed by atoms with van der Waals surface area (Å²) in [5, 5.41) is 0. The summed E-state index contributed by atoms with van der Waals surface area (Å²) in [4.78, 5) is 13.7. The van der Waals surface area contributed by atoms with Gasteiger partial charge in [-0.25, -0.2) is 9.18 Å². The first kappa shape index (κ1) is 14.8. The second-order valence-corrected chi connectivity index (χ2v) is 6.38. The van der Waals surface area contributed by atoms with Crippen LogP contribution in [0.2, 0.25) is 0 Å². The average molecular weight is 279 g/mol. The van der Waals surface area contributed by atoms with Crippen LogP contribution in [0.5, 0.6) is 0 Å². The van der Waals surface area contributed by atoms with E-state index in [1.165, 1.54) is 6.07 Å². The molecule has 1 heterocycles. The van der Waals surface area contributed by atoms with Crippen LogP contribution in [-0.4, -0.2) is 29.7 Å². The largest absolute Gasteiger partial charge is 0.444 e. The monoisotopic (exact) mass is 279 g/mol. The van der Waals surface area contributed by atoms with Gasteiger partial charge in [0.2, 0.25) is 0 Å². The molecule has 0 spiro atoms. The Hall–Kier alpha value is -1.58. The number of carbonyl (C=O) groups is 1. The van der Waals surface area contributed by atoms with Crippen LogP contribution >= 0.6 is 0 Å². The SMILES string of the molecule is Cc1cccc(F)c1C1CCN(C(=O)OC(C)(C)C)C1. The molecule has 20 heavy (non-hydrogen) atoms. The van der Waals surface area contributed by atoms with Gasteiger partial charge in [0.1, 0.15) is 11.4 Å². The number of amides is 1. The van der Waals surface area contributed by atoms with Crippen molar-refractivity contribution in [3.8, 4) is 0 Å². The second-order valence-electron chi connectivity index (χ2n) is 6.38. The topological polar surface area (TPSA) is 29.5 Å². The first-order chi connectivity index (χ1) is 9.28. The fraction of sp³-hybridized carbons (Fsp3) is 0.562. The van der Waals surface area contributed by atoms with E-state index in [0.717, 1.165) is 17.5 Å². The highest BCUT2D eigenvalue weighted by molar-refractivity contribution is 5.68. The van der Waals surface area contributed by atoms with Gasteiger partial charge in [-0.1, -0.05) is 12.1 Å². The van der Waals surface area contributed by atoms with Crippen molar-refractivity contribution in [2.75, 3.05) is 13.1 Å². The molecule has 1 aliphatic rings. The van der Waals surface area contributed by atoms with Crippen LogP contribution in [0.15, 0.2) is 18.2 Å². The lowest BCUT2D eigenvalue weighted by Gasteiger charge is -2.24. The molecule has 1 atom stereocenters. The lowest BCUT2D eigenvalue weighted by molar-refractivity contribution is 0.0292. The number of likely N-dealkylation sites (tertiary alicyclic amines) is 1. The maximum atomic E-state index is 14.0. The summed E-state index contributed by atoms with van der Waals surface area (Å²) in [6.45, 7) is 8.59. The van der Waals surface area contributed by atoms with E-state index in [1.54, 1.807) is 11.0 Å². The van der Waals surface area contributed by atoms with Gasteiger partial charge in [0.05, 0.1) is 0 Å². The Labute approximate surface area is 119 Å². The molecule has 3 nitrogen and oxygen atoms in total. The van der Waals surface area contributed by atoms with Gasteiger partial charge in [0.25, 0.3) is 0 Å². The average Bonchev–Trinajstić information content (AvgIpc) is 2.76. The van der Waals surface area contributed by atoms with E-state index in [9.17, 15) is 9.18 Å². The number of hydrogen-bond donors (Lipinski definition) is 0. The number of ether oxygens (including phenoxy) is 1.